The Balaban J connectivity index is 3.14. The lowest BCUT2D eigenvalue weighted by atomic mass is 9.73. The van der Waals surface area contributed by atoms with Crippen molar-refractivity contribution in [2.45, 2.75) is 72.8 Å². The lowest BCUT2D eigenvalue weighted by molar-refractivity contribution is -0.117. The van der Waals surface area contributed by atoms with Gasteiger partial charge in [-0.2, -0.15) is 0 Å². The van der Waals surface area contributed by atoms with Crippen LogP contribution in [0, 0.1) is 5.41 Å². The maximum atomic E-state index is 12.3. The van der Waals surface area contributed by atoms with E-state index in [0.717, 1.165) is 25.0 Å². The Morgan fingerprint density at radius 3 is 2.53 bits per heavy atom. The van der Waals surface area contributed by atoms with E-state index in [1.807, 2.05) is 13.8 Å². The van der Waals surface area contributed by atoms with Crippen molar-refractivity contribution < 1.29 is 9.90 Å². The monoisotopic (exact) mass is 265 g/mol. The standard InChI is InChI=1S/C16H27NO2/c1-6-7-8-13(18)15-12(17-11(2)3)9-16(4,5)10-14(15)19/h11,18H,6-10H2,1-5H3/b15-13+,17-12?. The highest BCUT2D eigenvalue weighted by Gasteiger charge is 2.36. The SMILES string of the molecule is CCCC/C(O)=C1\C(=O)CC(C)(C)CC1=NC(C)C. The number of carbonyl (C=O) groups is 1. The summed E-state index contributed by atoms with van der Waals surface area (Å²) in [7, 11) is 0. The van der Waals surface area contributed by atoms with Gasteiger partial charge in [0.25, 0.3) is 0 Å². The zero-order valence-corrected chi connectivity index (χ0v) is 12.9. The molecule has 0 saturated heterocycles. The van der Waals surface area contributed by atoms with Crippen LogP contribution < -0.4 is 0 Å². The number of nitrogens with zero attached hydrogens (tertiary/aromatic N) is 1. The van der Waals surface area contributed by atoms with E-state index in [1.165, 1.54) is 0 Å². The topological polar surface area (TPSA) is 49.7 Å². The normalized spacial score (nSPS) is 24.1. The summed E-state index contributed by atoms with van der Waals surface area (Å²) in [5, 5.41) is 10.2. The molecule has 0 amide bonds. The number of rotatable bonds is 4. The summed E-state index contributed by atoms with van der Waals surface area (Å²) >= 11 is 0. The number of ketones is 1. The Morgan fingerprint density at radius 1 is 1.37 bits per heavy atom. The van der Waals surface area contributed by atoms with E-state index < -0.39 is 0 Å². The van der Waals surface area contributed by atoms with Crippen molar-refractivity contribution >= 4 is 11.5 Å². The third-order valence-corrected chi connectivity index (χ3v) is 3.32. The maximum absolute atomic E-state index is 12.3. The van der Waals surface area contributed by atoms with Gasteiger partial charge in [-0.25, -0.2) is 0 Å². The van der Waals surface area contributed by atoms with Gasteiger partial charge in [0, 0.05) is 24.6 Å². The molecule has 0 spiro atoms. The highest BCUT2D eigenvalue weighted by Crippen LogP contribution is 2.36. The number of aliphatic hydroxyl groups is 1. The highest BCUT2D eigenvalue weighted by molar-refractivity contribution is 6.24. The second-order valence-corrected chi connectivity index (χ2v) is 6.54. The molecular weight excluding hydrogens is 238 g/mol. The van der Waals surface area contributed by atoms with Crippen molar-refractivity contribution in [3.05, 3.63) is 11.3 Å². The first-order chi connectivity index (χ1) is 8.76. The van der Waals surface area contributed by atoms with Gasteiger partial charge in [0.2, 0.25) is 0 Å². The van der Waals surface area contributed by atoms with Crippen LogP contribution >= 0.6 is 0 Å². The van der Waals surface area contributed by atoms with Gasteiger partial charge in [-0.1, -0.05) is 27.2 Å². The summed E-state index contributed by atoms with van der Waals surface area (Å²) in [6.45, 7) is 10.2. The van der Waals surface area contributed by atoms with Crippen LogP contribution in [-0.2, 0) is 4.79 Å². The van der Waals surface area contributed by atoms with Gasteiger partial charge in [-0.3, -0.25) is 9.79 Å². The number of hydrogen-bond donors (Lipinski definition) is 1. The summed E-state index contributed by atoms with van der Waals surface area (Å²) in [5.41, 5.74) is 1.24. The van der Waals surface area contributed by atoms with E-state index in [2.05, 4.69) is 25.8 Å². The fourth-order valence-corrected chi connectivity index (χ4v) is 2.51. The number of carbonyl (C=O) groups excluding carboxylic acids is 1. The minimum absolute atomic E-state index is 0.0456. The molecule has 1 fully saturated rings. The first-order valence-corrected chi connectivity index (χ1v) is 7.29. The molecule has 1 aliphatic carbocycles. The summed E-state index contributed by atoms with van der Waals surface area (Å²) in [4.78, 5) is 16.9. The lowest BCUT2D eigenvalue weighted by Gasteiger charge is -2.31. The zero-order valence-electron chi connectivity index (χ0n) is 12.9. The van der Waals surface area contributed by atoms with Crippen molar-refractivity contribution in [3.63, 3.8) is 0 Å². The molecule has 0 heterocycles. The van der Waals surface area contributed by atoms with Gasteiger partial charge < -0.3 is 5.11 Å². The van der Waals surface area contributed by atoms with Gasteiger partial charge in [0.05, 0.1) is 5.57 Å². The predicted octanol–water partition coefficient (Wildman–Crippen LogP) is 4.23. The zero-order chi connectivity index (χ0) is 14.6. The smallest absolute Gasteiger partial charge is 0.168 e. The van der Waals surface area contributed by atoms with Crippen LogP contribution in [0.4, 0.5) is 0 Å². The van der Waals surface area contributed by atoms with E-state index in [-0.39, 0.29) is 23.0 Å². The van der Waals surface area contributed by atoms with Gasteiger partial charge in [0.15, 0.2) is 5.78 Å². The molecule has 0 aromatic rings. The molecular formula is C16H27NO2. The third kappa shape index (κ3) is 4.48. The van der Waals surface area contributed by atoms with E-state index in [9.17, 15) is 9.90 Å². The van der Waals surface area contributed by atoms with Crippen molar-refractivity contribution in [1.29, 1.82) is 0 Å². The van der Waals surface area contributed by atoms with Crippen molar-refractivity contribution in [2.75, 3.05) is 0 Å². The summed E-state index contributed by atoms with van der Waals surface area (Å²) in [6.07, 6.45) is 3.75. The van der Waals surface area contributed by atoms with E-state index >= 15 is 0 Å². The second kappa shape index (κ2) is 6.36. The molecule has 3 nitrogen and oxygen atoms in total. The van der Waals surface area contributed by atoms with Crippen LogP contribution in [0.5, 0.6) is 0 Å². The lowest BCUT2D eigenvalue weighted by Crippen LogP contribution is -2.33. The van der Waals surface area contributed by atoms with Gasteiger partial charge >= 0.3 is 0 Å². The number of hydrogen-bond acceptors (Lipinski definition) is 3. The van der Waals surface area contributed by atoms with Gasteiger partial charge in [-0.05, 0) is 32.1 Å². The molecule has 0 bridgehead atoms. The Labute approximate surface area is 116 Å². The van der Waals surface area contributed by atoms with E-state index in [1.54, 1.807) is 0 Å². The van der Waals surface area contributed by atoms with Crippen LogP contribution in [0.15, 0.2) is 16.3 Å². The largest absolute Gasteiger partial charge is 0.511 e. The van der Waals surface area contributed by atoms with E-state index in [0.29, 0.717) is 18.4 Å². The predicted molar refractivity (Wildman–Crippen MR) is 79.8 cm³/mol. The Bertz CT molecular complexity index is 403. The molecule has 0 unspecified atom stereocenters. The Kier molecular flexibility index (Phi) is 5.33. The number of unbranched alkanes of at least 4 members (excludes halogenated alkanes) is 1. The minimum Gasteiger partial charge on any atom is -0.511 e. The fourth-order valence-electron chi connectivity index (χ4n) is 2.51. The van der Waals surface area contributed by atoms with Crippen LogP contribution in [-0.4, -0.2) is 22.6 Å². The molecule has 1 saturated carbocycles. The van der Waals surface area contributed by atoms with Crippen molar-refractivity contribution in [1.82, 2.24) is 0 Å². The van der Waals surface area contributed by atoms with Gasteiger partial charge in [0.1, 0.15) is 5.76 Å². The number of allylic oxidation sites excluding steroid dienone is 2. The number of aliphatic imine (C=N–C) groups is 1. The maximum Gasteiger partial charge on any atom is 0.168 e. The van der Waals surface area contributed by atoms with Crippen LogP contribution in [0.2, 0.25) is 0 Å². The van der Waals surface area contributed by atoms with Crippen LogP contribution in [0.3, 0.4) is 0 Å². The second-order valence-electron chi connectivity index (χ2n) is 6.54. The summed E-state index contributed by atoms with van der Waals surface area (Å²) < 4.78 is 0. The molecule has 3 heteroatoms. The molecule has 0 aromatic carbocycles. The van der Waals surface area contributed by atoms with Crippen LogP contribution in [0.25, 0.3) is 0 Å². The molecule has 1 aliphatic rings. The summed E-state index contributed by atoms with van der Waals surface area (Å²) in [6, 6.07) is 0.144. The van der Waals surface area contributed by atoms with Crippen LogP contribution in [0.1, 0.15) is 66.7 Å². The Hall–Kier alpha value is -1.12. The molecule has 0 aliphatic heterocycles. The number of aliphatic hydroxyl groups excluding tert-OH is 1. The molecule has 1 rings (SSSR count). The average molecular weight is 265 g/mol. The van der Waals surface area contributed by atoms with Crippen molar-refractivity contribution in [3.8, 4) is 0 Å². The van der Waals surface area contributed by atoms with Crippen molar-refractivity contribution in [2.24, 2.45) is 10.4 Å². The Morgan fingerprint density at radius 2 is 2.00 bits per heavy atom. The molecule has 0 aromatic heterocycles. The number of Topliss-reactive ketones (excluding diaryl/α,β-unsaturated/α-hetero) is 1. The first kappa shape index (κ1) is 15.9. The minimum atomic E-state index is -0.0562. The summed E-state index contributed by atoms with van der Waals surface area (Å²) in [5.74, 6) is 0.283. The molecule has 1 N–H and O–H groups in total. The molecule has 0 radical (unpaired) electrons. The quantitative estimate of drug-likeness (QED) is 0.611. The molecule has 19 heavy (non-hydrogen) atoms. The molecule has 0 atom stereocenters. The van der Waals surface area contributed by atoms with Gasteiger partial charge in [-0.15, -0.1) is 0 Å². The average Bonchev–Trinajstić information content (AvgIpc) is 2.22. The highest BCUT2D eigenvalue weighted by atomic mass is 16.3. The van der Waals surface area contributed by atoms with E-state index in [4.69, 9.17) is 0 Å². The third-order valence-electron chi connectivity index (χ3n) is 3.32. The fraction of sp³-hybridized carbons (Fsp3) is 0.750. The first-order valence-electron chi connectivity index (χ1n) is 7.29. The molecule has 108 valence electrons.